The van der Waals surface area contributed by atoms with Crippen LogP contribution in [0, 0.1) is 0 Å². The lowest BCUT2D eigenvalue weighted by Gasteiger charge is -2.13. The minimum Gasteiger partial charge on any atom is -0.326 e. The molecule has 1 aliphatic carbocycles. The predicted molar refractivity (Wildman–Crippen MR) is 147 cm³/mol. The van der Waals surface area contributed by atoms with E-state index >= 15 is 0 Å². The van der Waals surface area contributed by atoms with E-state index < -0.39 is 0 Å². The zero-order valence-electron chi connectivity index (χ0n) is 19.8. The van der Waals surface area contributed by atoms with Crippen LogP contribution in [0.25, 0.3) is 49.6 Å². The number of benzene rings is 2. The second kappa shape index (κ2) is 8.66. The SMILES string of the molecule is NCc1ccc(-c2nc3ccn4c(-c5scc6c5CCCC6)nnc4c3cc2-c2ccccc2)cc1. The maximum atomic E-state index is 5.83. The quantitative estimate of drug-likeness (QED) is 0.301. The van der Waals surface area contributed by atoms with E-state index in [0.29, 0.717) is 6.54 Å². The minimum absolute atomic E-state index is 0.525. The Kier molecular flexibility index (Phi) is 5.15. The van der Waals surface area contributed by atoms with Crippen molar-refractivity contribution in [1.82, 2.24) is 19.6 Å². The van der Waals surface area contributed by atoms with Gasteiger partial charge >= 0.3 is 0 Å². The van der Waals surface area contributed by atoms with Gasteiger partial charge in [-0.25, -0.2) is 4.98 Å². The molecule has 176 valence electrons. The fraction of sp³-hybridized carbons (Fsp3) is 0.167. The van der Waals surface area contributed by atoms with E-state index in [1.54, 1.807) is 11.3 Å². The van der Waals surface area contributed by atoms with Crippen LogP contribution in [-0.4, -0.2) is 19.6 Å². The highest BCUT2D eigenvalue weighted by atomic mass is 32.1. The van der Waals surface area contributed by atoms with E-state index in [4.69, 9.17) is 10.7 Å². The Morgan fingerprint density at radius 3 is 2.56 bits per heavy atom. The topological polar surface area (TPSA) is 69.1 Å². The molecule has 2 aromatic carbocycles. The van der Waals surface area contributed by atoms with E-state index in [2.05, 4.69) is 86.8 Å². The molecule has 36 heavy (non-hydrogen) atoms. The predicted octanol–water partition coefficient (Wildman–Crippen LogP) is 6.68. The van der Waals surface area contributed by atoms with Crippen molar-refractivity contribution in [3.63, 3.8) is 0 Å². The summed E-state index contributed by atoms with van der Waals surface area (Å²) in [6.07, 6.45) is 6.89. The Morgan fingerprint density at radius 2 is 1.72 bits per heavy atom. The number of aryl methyl sites for hydroxylation is 1. The van der Waals surface area contributed by atoms with Crippen molar-refractivity contribution >= 4 is 27.9 Å². The van der Waals surface area contributed by atoms with Gasteiger partial charge in [0.2, 0.25) is 0 Å². The van der Waals surface area contributed by atoms with Crippen molar-refractivity contribution in [2.24, 2.45) is 5.73 Å². The molecule has 7 rings (SSSR count). The third-order valence-electron chi connectivity index (χ3n) is 7.22. The summed E-state index contributed by atoms with van der Waals surface area (Å²) in [6.45, 7) is 0.525. The third-order valence-corrected chi connectivity index (χ3v) is 8.29. The molecule has 0 aliphatic heterocycles. The van der Waals surface area contributed by atoms with Crippen molar-refractivity contribution < 1.29 is 0 Å². The van der Waals surface area contributed by atoms with Gasteiger partial charge in [-0.15, -0.1) is 21.5 Å². The molecular formula is C30H25N5S. The summed E-state index contributed by atoms with van der Waals surface area (Å²) in [6, 6.07) is 23.1. The molecule has 0 bridgehead atoms. The maximum absolute atomic E-state index is 5.83. The Labute approximate surface area is 213 Å². The number of rotatable bonds is 4. The van der Waals surface area contributed by atoms with Crippen LogP contribution in [0.1, 0.15) is 29.5 Å². The number of aromatic nitrogens is 4. The van der Waals surface area contributed by atoms with Gasteiger partial charge in [-0.1, -0.05) is 54.6 Å². The lowest BCUT2D eigenvalue weighted by atomic mass is 9.94. The molecule has 0 spiro atoms. The van der Waals surface area contributed by atoms with Gasteiger partial charge in [-0.2, -0.15) is 0 Å². The number of hydrogen-bond donors (Lipinski definition) is 1. The van der Waals surface area contributed by atoms with Gasteiger partial charge in [0, 0.05) is 29.3 Å². The Hall–Kier alpha value is -3.87. The highest BCUT2D eigenvalue weighted by Gasteiger charge is 2.22. The minimum atomic E-state index is 0.525. The second-order valence-electron chi connectivity index (χ2n) is 9.39. The van der Waals surface area contributed by atoms with Gasteiger partial charge < -0.3 is 5.73 Å². The molecule has 0 saturated carbocycles. The number of nitrogens with zero attached hydrogens (tertiary/aromatic N) is 4. The summed E-state index contributed by atoms with van der Waals surface area (Å²) < 4.78 is 2.13. The summed E-state index contributed by atoms with van der Waals surface area (Å²) in [5.41, 5.74) is 15.9. The van der Waals surface area contributed by atoms with Gasteiger partial charge in [-0.3, -0.25) is 4.40 Å². The largest absolute Gasteiger partial charge is 0.326 e. The second-order valence-corrected chi connectivity index (χ2v) is 10.3. The van der Waals surface area contributed by atoms with Crippen LogP contribution in [0.15, 0.2) is 78.3 Å². The first kappa shape index (κ1) is 21.4. The Bertz CT molecular complexity index is 1710. The molecule has 5 nitrogen and oxygen atoms in total. The lowest BCUT2D eigenvalue weighted by molar-refractivity contribution is 0.690. The van der Waals surface area contributed by atoms with Gasteiger partial charge in [0.1, 0.15) is 0 Å². The lowest BCUT2D eigenvalue weighted by Crippen LogP contribution is -2.01. The molecule has 0 unspecified atom stereocenters. The van der Waals surface area contributed by atoms with Gasteiger partial charge in [0.05, 0.1) is 16.1 Å². The number of fused-ring (bicyclic) bond motifs is 4. The molecule has 6 heteroatoms. The van der Waals surface area contributed by atoms with Crippen LogP contribution in [-0.2, 0) is 19.4 Å². The van der Waals surface area contributed by atoms with Crippen molar-refractivity contribution in [3.05, 3.63) is 95.0 Å². The van der Waals surface area contributed by atoms with E-state index in [9.17, 15) is 0 Å². The zero-order valence-corrected chi connectivity index (χ0v) is 20.6. The monoisotopic (exact) mass is 487 g/mol. The highest BCUT2D eigenvalue weighted by Crippen LogP contribution is 2.38. The number of thiophene rings is 1. The normalized spacial score (nSPS) is 13.4. The summed E-state index contributed by atoms with van der Waals surface area (Å²) in [5.74, 6) is 0.933. The molecule has 4 heterocycles. The Balaban J connectivity index is 1.45. The van der Waals surface area contributed by atoms with E-state index in [-0.39, 0.29) is 0 Å². The number of nitrogens with two attached hydrogens (primary N) is 1. The molecule has 0 amide bonds. The summed E-state index contributed by atoms with van der Waals surface area (Å²) >= 11 is 1.80. The van der Waals surface area contributed by atoms with Crippen LogP contribution >= 0.6 is 11.3 Å². The molecule has 4 aromatic heterocycles. The third kappa shape index (κ3) is 3.45. The average Bonchev–Trinajstić information content (AvgIpc) is 3.57. The first-order chi connectivity index (χ1) is 17.8. The molecule has 0 radical (unpaired) electrons. The standard InChI is InChI=1S/C30H25N5S/c31-17-19-10-12-21(13-11-19)27-24(20-6-2-1-3-7-20)16-25-26(32-27)14-15-35-29(25)33-34-30(35)28-23-9-5-4-8-22(23)18-36-28/h1-3,6-7,10-16,18H,4-5,8-9,17,31H2. The summed E-state index contributed by atoms with van der Waals surface area (Å²) in [7, 11) is 0. The van der Waals surface area contributed by atoms with E-state index in [1.807, 2.05) is 6.07 Å². The van der Waals surface area contributed by atoms with Crippen molar-refractivity contribution in [3.8, 4) is 33.1 Å². The smallest absolute Gasteiger partial charge is 0.178 e. The first-order valence-corrected chi connectivity index (χ1v) is 13.3. The van der Waals surface area contributed by atoms with Crippen molar-refractivity contribution in [2.75, 3.05) is 0 Å². The summed E-state index contributed by atoms with van der Waals surface area (Å²) in [5, 5.41) is 12.7. The number of hydrogen-bond acceptors (Lipinski definition) is 5. The molecule has 0 saturated heterocycles. The molecule has 0 atom stereocenters. The molecule has 1 aliphatic rings. The fourth-order valence-electron chi connectivity index (χ4n) is 5.31. The first-order valence-electron chi connectivity index (χ1n) is 12.4. The van der Waals surface area contributed by atoms with Crippen molar-refractivity contribution in [1.29, 1.82) is 0 Å². The molecule has 6 aromatic rings. The van der Waals surface area contributed by atoms with Crippen LogP contribution < -0.4 is 5.73 Å². The molecule has 2 N–H and O–H groups in total. The van der Waals surface area contributed by atoms with E-state index in [0.717, 1.165) is 56.7 Å². The van der Waals surface area contributed by atoms with Crippen LogP contribution in [0.4, 0.5) is 0 Å². The molecular weight excluding hydrogens is 462 g/mol. The van der Waals surface area contributed by atoms with Gasteiger partial charge in [0.15, 0.2) is 11.5 Å². The van der Waals surface area contributed by atoms with Crippen molar-refractivity contribution in [2.45, 2.75) is 32.2 Å². The van der Waals surface area contributed by atoms with Crippen LogP contribution in [0.2, 0.25) is 0 Å². The zero-order chi connectivity index (χ0) is 24.1. The van der Waals surface area contributed by atoms with Gasteiger partial charge in [-0.05, 0) is 65.4 Å². The Morgan fingerprint density at radius 1 is 0.889 bits per heavy atom. The summed E-state index contributed by atoms with van der Waals surface area (Å²) in [4.78, 5) is 6.41. The van der Waals surface area contributed by atoms with Crippen LogP contribution in [0.5, 0.6) is 0 Å². The van der Waals surface area contributed by atoms with Crippen LogP contribution in [0.3, 0.4) is 0 Å². The maximum Gasteiger partial charge on any atom is 0.178 e. The molecule has 0 fully saturated rings. The highest BCUT2D eigenvalue weighted by molar-refractivity contribution is 7.13. The van der Waals surface area contributed by atoms with E-state index in [1.165, 1.54) is 35.3 Å². The number of pyridine rings is 2. The van der Waals surface area contributed by atoms with Gasteiger partial charge in [0.25, 0.3) is 0 Å². The fourth-order valence-corrected chi connectivity index (χ4v) is 6.45. The average molecular weight is 488 g/mol.